The first-order valence-corrected chi connectivity index (χ1v) is 5.61. The minimum absolute atomic E-state index is 0.109. The molecule has 1 aromatic carbocycles. The van der Waals surface area contributed by atoms with E-state index in [1.54, 1.807) is 42.1 Å². The molecule has 0 fully saturated rings. The molecule has 4 heteroatoms. The zero-order chi connectivity index (χ0) is 13.1. The fourth-order valence-corrected chi connectivity index (χ4v) is 1.69. The van der Waals surface area contributed by atoms with Crippen molar-refractivity contribution in [3.05, 3.63) is 53.6 Å². The molecular weight excluding hydrogens is 233 g/mol. The van der Waals surface area contributed by atoms with Gasteiger partial charge in [0.1, 0.15) is 0 Å². The normalized spacial score (nSPS) is 10.4. The summed E-state index contributed by atoms with van der Waals surface area (Å²) in [6, 6.07) is 8.05. The molecule has 0 atom stereocenters. The van der Waals surface area contributed by atoms with Crippen LogP contribution in [0, 0.1) is 12.7 Å². The summed E-state index contributed by atoms with van der Waals surface area (Å²) in [5.41, 5.74) is 1.43. The largest absolute Gasteiger partial charge is 0.482 e. The number of carbonyl (C=O) groups excluding carboxylic acids is 1. The first-order chi connectivity index (χ1) is 8.58. The predicted octanol–water partition coefficient (Wildman–Crippen LogP) is 2.73. The highest BCUT2D eigenvalue weighted by Crippen LogP contribution is 2.18. The fraction of sp³-hybridized carbons (Fsp3) is 0.214. The van der Waals surface area contributed by atoms with Gasteiger partial charge >= 0.3 is 0 Å². The number of ketones is 1. The number of hydrogen-bond acceptors (Lipinski definition) is 2. The molecule has 3 nitrogen and oxygen atoms in total. The van der Waals surface area contributed by atoms with Crippen LogP contribution < -0.4 is 4.74 Å². The van der Waals surface area contributed by atoms with Crippen molar-refractivity contribution in [1.82, 2.24) is 4.57 Å². The molecule has 0 radical (unpaired) electrons. The van der Waals surface area contributed by atoms with Gasteiger partial charge in [-0.15, -0.1) is 0 Å². The minimum atomic E-state index is -0.458. The Morgan fingerprint density at radius 2 is 2.17 bits per heavy atom. The molecule has 0 unspecified atom stereocenters. The molecule has 0 aliphatic carbocycles. The van der Waals surface area contributed by atoms with E-state index in [9.17, 15) is 9.18 Å². The third-order valence-electron chi connectivity index (χ3n) is 2.67. The Kier molecular flexibility index (Phi) is 3.46. The lowest BCUT2D eigenvalue weighted by atomic mass is 10.2. The van der Waals surface area contributed by atoms with Crippen molar-refractivity contribution < 1.29 is 13.9 Å². The Morgan fingerprint density at radius 3 is 2.83 bits per heavy atom. The number of aryl methyl sites for hydroxylation is 2. The summed E-state index contributed by atoms with van der Waals surface area (Å²) in [4.78, 5) is 11.8. The van der Waals surface area contributed by atoms with Crippen LogP contribution in [0.25, 0.3) is 0 Å². The molecule has 1 heterocycles. The minimum Gasteiger partial charge on any atom is -0.482 e. The summed E-state index contributed by atoms with van der Waals surface area (Å²) in [5.74, 6) is -0.527. The third-order valence-corrected chi connectivity index (χ3v) is 2.67. The highest BCUT2D eigenvalue weighted by Gasteiger charge is 2.11. The van der Waals surface area contributed by atoms with E-state index in [1.165, 1.54) is 6.07 Å². The highest BCUT2D eigenvalue weighted by molar-refractivity contribution is 5.95. The van der Waals surface area contributed by atoms with E-state index in [-0.39, 0.29) is 18.1 Å². The molecule has 0 spiro atoms. The molecule has 0 saturated heterocycles. The van der Waals surface area contributed by atoms with E-state index in [2.05, 4.69) is 0 Å². The second-order valence-electron chi connectivity index (χ2n) is 4.15. The smallest absolute Gasteiger partial charge is 0.216 e. The van der Waals surface area contributed by atoms with Crippen molar-refractivity contribution in [2.24, 2.45) is 7.05 Å². The van der Waals surface area contributed by atoms with E-state index in [4.69, 9.17) is 4.74 Å². The standard InChI is InChI=1S/C14H14FNO2/c1-10-5-6-11(15)14(8-10)18-9-13(17)12-4-3-7-16(12)2/h3-8H,9H2,1-2H3. The Bertz CT molecular complexity index is 575. The van der Waals surface area contributed by atoms with Crippen molar-refractivity contribution in [3.8, 4) is 5.75 Å². The first kappa shape index (κ1) is 12.4. The summed E-state index contributed by atoms with van der Waals surface area (Å²) >= 11 is 0. The quantitative estimate of drug-likeness (QED) is 0.778. The van der Waals surface area contributed by atoms with E-state index < -0.39 is 5.82 Å². The van der Waals surface area contributed by atoms with Gasteiger partial charge in [0.25, 0.3) is 0 Å². The van der Waals surface area contributed by atoms with Crippen molar-refractivity contribution in [2.75, 3.05) is 6.61 Å². The number of nitrogens with zero attached hydrogens (tertiary/aromatic N) is 1. The zero-order valence-electron chi connectivity index (χ0n) is 10.3. The van der Waals surface area contributed by atoms with Crippen LogP contribution >= 0.6 is 0 Å². The molecule has 0 amide bonds. The number of benzene rings is 1. The van der Waals surface area contributed by atoms with Crippen LogP contribution in [0.4, 0.5) is 4.39 Å². The molecule has 94 valence electrons. The predicted molar refractivity (Wildman–Crippen MR) is 66.4 cm³/mol. The van der Waals surface area contributed by atoms with Gasteiger partial charge in [0.2, 0.25) is 5.78 Å². The number of hydrogen-bond donors (Lipinski definition) is 0. The average molecular weight is 247 g/mol. The zero-order valence-corrected chi connectivity index (χ0v) is 10.3. The number of Topliss-reactive ketones (excluding diaryl/α,β-unsaturated/α-hetero) is 1. The molecule has 18 heavy (non-hydrogen) atoms. The van der Waals surface area contributed by atoms with Gasteiger partial charge in [-0.05, 0) is 36.8 Å². The van der Waals surface area contributed by atoms with Gasteiger partial charge in [0.15, 0.2) is 18.2 Å². The van der Waals surface area contributed by atoms with Gasteiger partial charge in [0.05, 0.1) is 5.69 Å². The lowest BCUT2D eigenvalue weighted by Crippen LogP contribution is -2.15. The Morgan fingerprint density at radius 1 is 1.39 bits per heavy atom. The number of ether oxygens (including phenoxy) is 1. The molecule has 0 aliphatic heterocycles. The summed E-state index contributed by atoms with van der Waals surface area (Å²) in [5, 5.41) is 0. The summed E-state index contributed by atoms with van der Waals surface area (Å²) in [7, 11) is 1.78. The van der Waals surface area contributed by atoms with Gasteiger partial charge in [-0.25, -0.2) is 4.39 Å². The molecular formula is C14H14FNO2. The lowest BCUT2D eigenvalue weighted by molar-refractivity contribution is 0.0910. The first-order valence-electron chi connectivity index (χ1n) is 5.61. The van der Waals surface area contributed by atoms with Gasteiger partial charge in [-0.3, -0.25) is 4.79 Å². The van der Waals surface area contributed by atoms with Crippen LogP contribution in [0.2, 0.25) is 0 Å². The Hall–Kier alpha value is -2.10. The number of halogens is 1. The Balaban J connectivity index is 2.06. The molecule has 0 N–H and O–H groups in total. The number of rotatable bonds is 4. The van der Waals surface area contributed by atoms with E-state index >= 15 is 0 Å². The van der Waals surface area contributed by atoms with Gasteiger partial charge < -0.3 is 9.30 Å². The SMILES string of the molecule is Cc1ccc(F)c(OCC(=O)c2cccn2C)c1. The van der Waals surface area contributed by atoms with Crippen molar-refractivity contribution in [1.29, 1.82) is 0 Å². The molecule has 2 rings (SSSR count). The topological polar surface area (TPSA) is 31.2 Å². The van der Waals surface area contributed by atoms with Crippen molar-refractivity contribution in [3.63, 3.8) is 0 Å². The van der Waals surface area contributed by atoms with E-state index in [0.717, 1.165) is 5.56 Å². The van der Waals surface area contributed by atoms with Crippen LogP contribution in [0.3, 0.4) is 0 Å². The highest BCUT2D eigenvalue weighted by atomic mass is 19.1. The lowest BCUT2D eigenvalue weighted by Gasteiger charge is -2.08. The summed E-state index contributed by atoms with van der Waals surface area (Å²) in [6.45, 7) is 1.67. The molecule has 0 bridgehead atoms. The van der Waals surface area contributed by atoms with Crippen molar-refractivity contribution >= 4 is 5.78 Å². The second-order valence-corrected chi connectivity index (χ2v) is 4.15. The van der Waals surface area contributed by atoms with Crippen LogP contribution in [0.15, 0.2) is 36.5 Å². The number of carbonyl (C=O) groups is 1. The summed E-state index contributed by atoms with van der Waals surface area (Å²) in [6.07, 6.45) is 1.78. The summed E-state index contributed by atoms with van der Waals surface area (Å²) < 4.78 is 20.3. The maximum Gasteiger partial charge on any atom is 0.216 e. The van der Waals surface area contributed by atoms with Crippen LogP contribution in [0.1, 0.15) is 16.1 Å². The maximum absolute atomic E-state index is 13.4. The van der Waals surface area contributed by atoms with Gasteiger partial charge in [-0.2, -0.15) is 0 Å². The monoisotopic (exact) mass is 247 g/mol. The molecule has 0 saturated carbocycles. The van der Waals surface area contributed by atoms with E-state index in [1.807, 2.05) is 6.92 Å². The van der Waals surface area contributed by atoms with Crippen LogP contribution in [-0.4, -0.2) is 17.0 Å². The molecule has 0 aliphatic rings. The fourth-order valence-electron chi connectivity index (χ4n) is 1.69. The second kappa shape index (κ2) is 5.04. The van der Waals surface area contributed by atoms with Crippen LogP contribution in [-0.2, 0) is 7.05 Å². The van der Waals surface area contributed by atoms with Gasteiger partial charge in [0, 0.05) is 13.2 Å². The maximum atomic E-state index is 13.4. The Labute approximate surface area is 105 Å². The third kappa shape index (κ3) is 2.59. The van der Waals surface area contributed by atoms with Gasteiger partial charge in [-0.1, -0.05) is 6.07 Å². The van der Waals surface area contributed by atoms with E-state index in [0.29, 0.717) is 5.69 Å². The average Bonchev–Trinajstić information content (AvgIpc) is 2.76. The van der Waals surface area contributed by atoms with Crippen LogP contribution in [0.5, 0.6) is 5.75 Å². The number of aromatic nitrogens is 1. The van der Waals surface area contributed by atoms with Crippen molar-refractivity contribution in [2.45, 2.75) is 6.92 Å². The molecule has 2 aromatic rings. The molecule has 1 aromatic heterocycles.